The Morgan fingerprint density at radius 3 is 2.35 bits per heavy atom. The Labute approximate surface area is 155 Å². The quantitative estimate of drug-likeness (QED) is 0.826. The monoisotopic (exact) mass is 353 g/mol. The number of aryl methyl sites for hydroxylation is 1. The molecule has 0 radical (unpaired) electrons. The minimum Gasteiger partial charge on any atom is -0.497 e. The van der Waals surface area contributed by atoms with Crippen molar-refractivity contribution in [2.75, 3.05) is 32.1 Å². The summed E-state index contributed by atoms with van der Waals surface area (Å²) in [5.74, 6) is 0.846. The van der Waals surface area contributed by atoms with Gasteiger partial charge < -0.3 is 15.4 Å². The molecule has 0 aromatic heterocycles. The Balaban J connectivity index is 1.63. The summed E-state index contributed by atoms with van der Waals surface area (Å²) in [6.45, 7) is 4.74. The van der Waals surface area contributed by atoms with Gasteiger partial charge in [-0.25, -0.2) is 4.79 Å². The van der Waals surface area contributed by atoms with Crippen LogP contribution in [-0.2, 0) is 0 Å². The molecule has 1 saturated heterocycles. The van der Waals surface area contributed by atoms with E-state index in [9.17, 15) is 4.79 Å². The van der Waals surface area contributed by atoms with Crippen LogP contribution < -0.4 is 15.4 Å². The minimum absolute atomic E-state index is 0.173. The number of methoxy groups -OCH3 is 1. The first-order valence-electron chi connectivity index (χ1n) is 9.15. The molecule has 5 nitrogen and oxygen atoms in total. The number of hydrogen-bond acceptors (Lipinski definition) is 3. The van der Waals surface area contributed by atoms with Gasteiger partial charge in [-0.05, 0) is 62.7 Å². The van der Waals surface area contributed by atoms with Crippen molar-refractivity contribution in [2.45, 2.75) is 25.8 Å². The number of amides is 2. The number of benzene rings is 2. The molecule has 1 atom stereocenters. The molecule has 3 rings (SSSR count). The zero-order chi connectivity index (χ0) is 18.4. The summed E-state index contributed by atoms with van der Waals surface area (Å²) in [5, 5.41) is 5.92. The molecule has 2 aromatic carbocycles. The average Bonchev–Trinajstić information content (AvgIpc) is 3.19. The van der Waals surface area contributed by atoms with Crippen LogP contribution in [0.1, 0.15) is 30.0 Å². The molecule has 1 heterocycles. The highest BCUT2D eigenvalue weighted by Crippen LogP contribution is 2.26. The highest BCUT2D eigenvalue weighted by molar-refractivity contribution is 5.89. The number of ether oxygens (including phenoxy) is 1. The number of carbonyl (C=O) groups is 1. The summed E-state index contributed by atoms with van der Waals surface area (Å²) in [7, 11) is 1.67. The first kappa shape index (κ1) is 18.3. The lowest BCUT2D eigenvalue weighted by atomic mass is 10.1. The zero-order valence-electron chi connectivity index (χ0n) is 15.5. The minimum atomic E-state index is -0.174. The van der Waals surface area contributed by atoms with E-state index in [0.717, 1.165) is 24.5 Å². The largest absolute Gasteiger partial charge is 0.497 e. The third kappa shape index (κ3) is 4.76. The molecule has 2 N–H and O–H groups in total. The van der Waals surface area contributed by atoms with Crippen molar-refractivity contribution in [3.63, 3.8) is 0 Å². The lowest BCUT2D eigenvalue weighted by Gasteiger charge is -2.28. The van der Waals surface area contributed by atoms with Crippen LogP contribution in [0.3, 0.4) is 0 Å². The molecular weight excluding hydrogens is 326 g/mol. The molecule has 0 aliphatic carbocycles. The highest BCUT2D eigenvalue weighted by Gasteiger charge is 2.24. The maximum absolute atomic E-state index is 12.3. The Morgan fingerprint density at radius 2 is 1.73 bits per heavy atom. The molecule has 1 aliphatic rings. The topological polar surface area (TPSA) is 53.6 Å². The second-order valence-corrected chi connectivity index (χ2v) is 6.73. The van der Waals surface area contributed by atoms with E-state index in [0.29, 0.717) is 6.54 Å². The maximum Gasteiger partial charge on any atom is 0.319 e. The second kappa shape index (κ2) is 8.72. The number of likely N-dealkylation sites (tertiary alicyclic amines) is 1. The van der Waals surface area contributed by atoms with Crippen molar-refractivity contribution in [3.05, 3.63) is 59.7 Å². The predicted octanol–water partition coefficient (Wildman–Crippen LogP) is 3.96. The van der Waals surface area contributed by atoms with Gasteiger partial charge in [0.15, 0.2) is 0 Å². The Bertz CT molecular complexity index is 707. The number of hydrogen-bond donors (Lipinski definition) is 2. The summed E-state index contributed by atoms with van der Waals surface area (Å²) in [6.07, 6.45) is 2.42. The summed E-state index contributed by atoms with van der Waals surface area (Å²) in [6, 6.07) is 15.9. The predicted molar refractivity (Wildman–Crippen MR) is 105 cm³/mol. The molecule has 138 valence electrons. The number of nitrogens with zero attached hydrogens (tertiary/aromatic N) is 1. The standard InChI is InChI=1S/C21H27N3O2/c1-16-5-9-18(10-6-16)23-21(25)22-15-20(24-13-3-4-14-24)17-7-11-19(26-2)12-8-17/h5-12,20H,3-4,13-15H2,1-2H3,(H2,22,23,25)/t20-/m1/s1. The normalized spacial score (nSPS) is 15.5. The highest BCUT2D eigenvalue weighted by atomic mass is 16.5. The molecule has 1 aliphatic heterocycles. The molecule has 26 heavy (non-hydrogen) atoms. The van der Waals surface area contributed by atoms with E-state index in [-0.39, 0.29) is 12.1 Å². The van der Waals surface area contributed by atoms with Gasteiger partial charge in [-0.3, -0.25) is 4.90 Å². The van der Waals surface area contributed by atoms with E-state index in [1.807, 2.05) is 43.3 Å². The first-order chi connectivity index (χ1) is 12.7. The number of nitrogens with one attached hydrogen (secondary N) is 2. The van der Waals surface area contributed by atoms with Gasteiger partial charge >= 0.3 is 6.03 Å². The fraction of sp³-hybridized carbons (Fsp3) is 0.381. The fourth-order valence-corrected chi connectivity index (χ4v) is 3.34. The molecule has 5 heteroatoms. The molecule has 0 bridgehead atoms. The summed E-state index contributed by atoms with van der Waals surface area (Å²) < 4.78 is 5.25. The van der Waals surface area contributed by atoms with Crippen molar-refractivity contribution >= 4 is 11.7 Å². The number of anilines is 1. The molecule has 0 unspecified atom stereocenters. The maximum atomic E-state index is 12.3. The molecule has 2 amide bonds. The van der Waals surface area contributed by atoms with Crippen molar-refractivity contribution in [3.8, 4) is 5.75 Å². The van der Waals surface area contributed by atoms with Crippen LogP contribution in [0.4, 0.5) is 10.5 Å². The lowest BCUT2D eigenvalue weighted by Crippen LogP contribution is -2.38. The smallest absolute Gasteiger partial charge is 0.319 e. The van der Waals surface area contributed by atoms with Gasteiger partial charge in [0.1, 0.15) is 5.75 Å². The van der Waals surface area contributed by atoms with Crippen LogP contribution in [0.2, 0.25) is 0 Å². The van der Waals surface area contributed by atoms with Crippen LogP contribution in [0, 0.1) is 6.92 Å². The van der Waals surface area contributed by atoms with Gasteiger partial charge in [-0.2, -0.15) is 0 Å². The van der Waals surface area contributed by atoms with Crippen LogP contribution in [0.5, 0.6) is 5.75 Å². The second-order valence-electron chi connectivity index (χ2n) is 6.73. The van der Waals surface area contributed by atoms with Crippen LogP contribution in [0.15, 0.2) is 48.5 Å². The third-order valence-electron chi connectivity index (χ3n) is 4.85. The van der Waals surface area contributed by atoms with Gasteiger partial charge in [0.25, 0.3) is 0 Å². The Hall–Kier alpha value is -2.53. The van der Waals surface area contributed by atoms with Gasteiger partial charge in [-0.1, -0.05) is 29.8 Å². The van der Waals surface area contributed by atoms with E-state index in [2.05, 4.69) is 27.7 Å². The summed E-state index contributed by atoms with van der Waals surface area (Å²) in [5.41, 5.74) is 3.17. The molecular formula is C21H27N3O2. The van der Waals surface area contributed by atoms with Crippen LogP contribution in [0.25, 0.3) is 0 Å². The SMILES string of the molecule is COc1ccc([C@@H](CNC(=O)Nc2ccc(C)cc2)N2CCCC2)cc1. The molecule has 0 spiro atoms. The van der Waals surface area contributed by atoms with Crippen LogP contribution >= 0.6 is 0 Å². The molecule has 1 fully saturated rings. The van der Waals surface area contributed by atoms with Gasteiger partial charge in [0, 0.05) is 12.2 Å². The van der Waals surface area contributed by atoms with E-state index in [1.54, 1.807) is 7.11 Å². The number of carbonyl (C=O) groups excluding carboxylic acids is 1. The van der Waals surface area contributed by atoms with E-state index < -0.39 is 0 Å². The molecule has 2 aromatic rings. The number of rotatable bonds is 6. The van der Waals surface area contributed by atoms with Crippen molar-refractivity contribution < 1.29 is 9.53 Å². The van der Waals surface area contributed by atoms with Crippen molar-refractivity contribution in [2.24, 2.45) is 0 Å². The summed E-state index contributed by atoms with van der Waals surface area (Å²) in [4.78, 5) is 14.7. The average molecular weight is 353 g/mol. The van der Waals surface area contributed by atoms with Gasteiger partial charge in [-0.15, -0.1) is 0 Å². The first-order valence-corrected chi connectivity index (χ1v) is 9.15. The Morgan fingerprint density at radius 1 is 1.08 bits per heavy atom. The lowest BCUT2D eigenvalue weighted by molar-refractivity contribution is 0.227. The van der Waals surface area contributed by atoms with E-state index in [4.69, 9.17) is 4.74 Å². The molecule has 0 saturated carbocycles. The van der Waals surface area contributed by atoms with Gasteiger partial charge in [0.2, 0.25) is 0 Å². The van der Waals surface area contributed by atoms with Crippen molar-refractivity contribution in [1.82, 2.24) is 10.2 Å². The number of urea groups is 1. The van der Waals surface area contributed by atoms with Crippen LogP contribution in [-0.4, -0.2) is 37.7 Å². The van der Waals surface area contributed by atoms with Crippen molar-refractivity contribution in [1.29, 1.82) is 0 Å². The Kier molecular flexibility index (Phi) is 6.12. The third-order valence-corrected chi connectivity index (χ3v) is 4.85. The fourth-order valence-electron chi connectivity index (χ4n) is 3.34. The van der Waals surface area contributed by atoms with E-state index in [1.165, 1.54) is 24.0 Å². The van der Waals surface area contributed by atoms with Gasteiger partial charge in [0.05, 0.1) is 13.2 Å². The zero-order valence-corrected chi connectivity index (χ0v) is 15.5. The summed E-state index contributed by atoms with van der Waals surface area (Å²) >= 11 is 0. The van der Waals surface area contributed by atoms with E-state index >= 15 is 0 Å².